The van der Waals surface area contributed by atoms with E-state index < -0.39 is 97.4 Å². The number of piperidine rings is 2. The molecule has 2 saturated heterocycles. The van der Waals surface area contributed by atoms with Gasteiger partial charge in [-0.05, 0) is 125 Å². The first kappa shape index (κ1) is 63.4. The van der Waals surface area contributed by atoms with Crippen LogP contribution in [-0.2, 0) is 32.0 Å². The van der Waals surface area contributed by atoms with Crippen LogP contribution in [0.3, 0.4) is 0 Å². The molecule has 8 rings (SSSR count). The van der Waals surface area contributed by atoms with Crippen LogP contribution in [0.5, 0.6) is 0 Å². The second-order valence-corrected chi connectivity index (χ2v) is 23.9. The van der Waals surface area contributed by atoms with Gasteiger partial charge in [0.15, 0.2) is 0 Å². The van der Waals surface area contributed by atoms with Crippen molar-refractivity contribution in [3.63, 3.8) is 0 Å². The van der Waals surface area contributed by atoms with Gasteiger partial charge >= 0.3 is 0 Å². The third-order valence-electron chi connectivity index (χ3n) is 18.0. The molecule has 0 bridgehead atoms. The van der Waals surface area contributed by atoms with Crippen LogP contribution in [0.4, 0.5) is 17.6 Å². The van der Waals surface area contributed by atoms with Crippen LogP contribution in [0.25, 0.3) is 11.1 Å². The highest BCUT2D eigenvalue weighted by atomic mass is 19.3. The lowest BCUT2D eigenvalue weighted by atomic mass is 9.82. The monoisotopic (exact) mass is 1160 g/mol. The highest BCUT2D eigenvalue weighted by Crippen LogP contribution is 2.37. The Kier molecular flexibility index (Phi) is 22.2. The van der Waals surface area contributed by atoms with Gasteiger partial charge in [0.25, 0.3) is 23.7 Å². The number of nitrogens with zero attached hydrogens (tertiary/aromatic N) is 4. The molecule has 4 aromatic rings. The Labute approximate surface area is 493 Å². The third-order valence-corrected chi connectivity index (χ3v) is 18.0. The number of hydrogen-bond acceptors (Lipinski definition) is 8. The standard InChI is InChI=1S/C66H86F4N8O6/c1-45(71-3)59(79)73-57(51-21-13-7-14-22-51)63(83)77-39-35-65(67,68)41-55(77)43-75(37-33-47-17-9-5-10-18-47)61(81)53-29-25-49(26-30-53)50-27-31-54(32-28-50)62(82)76(38-34-48-19-11-6-12-20-48)44-56-42-66(69,70)36-40-78(56)64(84)58(52-23-15-8-16-24-52)74-60(80)46(2)72-4/h5-6,9-12,17-20,25-32,45-46,51-52,55-58,71-72H,7-8,13-16,21-24,33-44H2,1-4H3,(H,73,79)(H,74,80)/t45-,46-,55-,56-,57-,58-/m0/s1. The molecular weight excluding hydrogens is 1080 g/mol. The molecule has 0 unspecified atom stereocenters. The van der Waals surface area contributed by atoms with Crippen LogP contribution in [0, 0.1) is 11.8 Å². The van der Waals surface area contributed by atoms with Crippen molar-refractivity contribution in [3.05, 3.63) is 131 Å². The van der Waals surface area contributed by atoms with E-state index in [-0.39, 0.29) is 62.9 Å². The minimum atomic E-state index is -3.08. The first-order valence-electron chi connectivity index (χ1n) is 30.5. The Morgan fingerprint density at radius 3 is 1.19 bits per heavy atom. The normalized spacial score (nSPS) is 20.6. The van der Waals surface area contributed by atoms with Crippen molar-refractivity contribution in [3.8, 4) is 11.1 Å². The van der Waals surface area contributed by atoms with Gasteiger partial charge in [0.1, 0.15) is 12.1 Å². The van der Waals surface area contributed by atoms with E-state index in [4.69, 9.17) is 0 Å². The fourth-order valence-corrected chi connectivity index (χ4v) is 12.7. The van der Waals surface area contributed by atoms with Gasteiger partial charge in [-0.3, -0.25) is 28.8 Å². The average molecular weight is 1160 g/mol. The number of benzene rings is 4. The molecule has 4 aliphatic rings. The lowest BCUT2D eigenvalue weighted by Gasteiger charge is -2.44. The molecule has 84 heavy (non-hydrogen) atoms. The van der Waals surface area contributed by atoms with Gasteiger partial charge in [0.2, 0.25) is 23.6 Å². The maximum atomic E-state index is 15.6. The second-order valence-electron chi connectivity index (χ2n) is 23.9. The number of hydrogen-bond donors (Lipinski definition) is 4. The number of likely N-dealkylation sites (N-methyl/N-ethyl adjacent to an activating group) is 2. The van der Waals surface area contributed by atoms with Gasteiger partial charge in [0, 0.05) is 76.1 Å². The van der Waals surface area contributed by atoms with Crippen molar-refractivity contribution in [2.24, 2.45) is 11.8 Å². The maximum absolute atomic E-state index is 15.6. The Bertz CT molecular complexity index is 2630. The molecule has 2 aliphatic heterocycles. The maximum Gasteiger partial charge on any atom is 0.253 e. The number of carbonyl (C=O) groups is 6. The Hall–Kier alpha value is -6.66. The lowest BCUT2D eigenvalue weighted by molar-refractivity contribution is -0.150. The van der Waals surface area contributed by atoms with Crippen molar-refractivity contribution in [1.82, 2.24) is 40.9 Å². The first-order valence-corrected chi connectivity index (χ1v) is 30.5. The van der Waals surface area contributed by atoms with Crippen molar-refractivity contribution in [1.29, 1.82) is 0 Å². The summed E-state index contributed by atoms with van der Waals surface area (Å²) < 4.78 is 62.2. The minimum absolute atomic E-state index is 0.151. The SMILES string of the molecule is CN[C@@H](C)C(=O)N[C@H](C(=O)N1CCC(F)(F)C[C@H]1CN(CCc1ccccc1)C(=O)c1ccc(-c2ccc(C(=O)N(CCc3ccccc3)C[C@@H]3CC(F)(F)CCN3C(=O)[C@@H](NC(=O)[C@H](C)NC)C3CCCCC3)cc2)cc1)C1CCCCC1. The van der Waals surface area contributed by atoms with E-state index in [0.717, 1.165) is 86.5 Å². The zero-order valence-electron chi connectivity index (χ0n) is 49.3. The van der Waals surface area contributed by atoms with E-state index in [0.29, 0.717) is 24.0 Å². The van der Waals surface area contributed by atoms with Crippen molar-refractivity contribution < 1.29 is 46.3 Å². The van der Waals surface area contributed by atoms with Gasteiger partial charge in [-0.15, -0.1) is 0 Å². The molecule has 2 aliphatic carbocycles. The van der Waals surface area contributed by atoms with Crippen molar-refractivity contribution in [2.45, 2.75) is 165 Å². The van der Waals surface area contributed by atoms with Crippen molar-refractivity contribution in [2.75, 3.05) is 53.4 Å². The minimum Gasteiger partial charge on any atom is -0.343 e. The number of rotatable bonds is 23. The molecule has 4 fully saturated rings. The van der Waals surface area contributed by atoms with Crippen LogP contribution >= 0.6 is 0 Å². The summed E-state index contributed by atoms with van der Waals surface area (Å²) in [5, 5.41) is 11.8. The number of amides is 6. The van der Waals surface area contributed by atoms with Crippen LogP contribution in [0.1, 0.15) is 136 Å². The number of nitrogens with one attached hydrogen (secondary N) is 4. The molecule has 6 amide bonds. The molecular formula is C66H86F4N8O6. The van der Waals surface area contributed by atoms with Crippen molar-refractivity contribution >= 4 is 35.4 Å². The summed E-state index contributed by atoms with van der Waals surface area (Å²) in [6.45, 7) is 3.01. The molecule has 4 aromatic carbocycles. The summed E-state index contributed by atoms with van der Waals surface area (Å²) in [6.07, 6.45) is 7.06. The van der Waals surface area contributed by atoms with E-state index in [2.05, 4.69) is 21.3 Å². The lowest BCUT2D eigenvalue weighted by Crippen LogP contribution is -2.61. The summed E-state index contributed by atoms with van der Waals surface area (Å²) in [4.78, 5) is 91.7. The average Bonchev–Trinajstić information content (AvgIpc) is 3.71. The quantitative estimate of drug-likeness (QED) is 0.0535. The smallest absolute Gasteiger partial charge is 0.253 e. The number of alkyl halides is 4. The van der Waals surface area contributed by atoms with E-state index >= 15 is 17.6 Å². The summed E-state index contributed by atoms with van der Waals surface area (Å²) in [5.41, 5.74) is 3.94. The predicted octanol–water partition coefficient (Wildman–Crippen LogP) is 9.32. The molecule has 18 heteroatoms. The zero-order chi connectivity index (χ0) is 60.0. The molecule has 0 spiro atoms. The largest absolute Gasteiger partial charge is 0.343 e. The molecule has 454 valence electrons. The van der Waals surface area contributed by atoms with Gasteiger partial charge in [-0.25, -0.2) is 17.6 Å². The van der Waals surface area contributed by atoms with E-state index in [1.54, 1.807) is 86.3 Å². The van der Waals surface area contributed by atoms with E-state index in [9.17, 15) is 28.8 Å². The highest BCUT2D eigenvalue weighted by molar-refractivity contribution is 5.96. The van der Waals surface area contributed by atoms with Gasteiger partial charge < -0.3 is 40.9 Å². The summed E-state index contributed by atoms with van der Waals surface area (Å²) in [7, 11) is 3.31. The predicted molar refractivity (Wildman–Crippen MR) is 317 cm³/mol. The fraction of sp³-hybridized carbons (Fsp3) is 0.545. The molecule has 2 heterocycles. The van der Waals surface area contributed by atoms with Gasteiger partial charge in [-0.2, -0.15) is 0 Å². The van der Waals surface area contributed by atoms with Crippen LogP contribution < -0.4 is 21.3 Å². The molecule has 14 nitrogen and oxygen atoms in total. The number of carbonyl (C=O) groups excluding carboxylic acids is 6. The Balaban J connectivity index is 1.02. The fourth-order valence-electron chi connectivity index (χ4n) is 12.7. The van der Waals surface area contributed by atoms with Gasteiger partial charge in [-0.1, -0.05) is 123 Å². The third kappa shape index (κ3) is 16.8. The Morgan fingerprint density at radius 1 is 0.512 bits per heavy atom. The zero-order valence-corrected chi connectivity index (χ0v) is 49.3. The molecule has 0 aromatic heterocycles. The second kappa shape index (κ2) is 29.4. The number of halogens is 4. The Morgan fingerprint density at radius 2 is 0.857 bits per heavy atom. The van der Waals surface area contributed by atoms with E-state index in [1.165, 1.54) is 9.80 Å². The molecule has 4 N–H and O–H groups in total. The van der Waals surface area contributed by atoms with Gasteiger partial charge in [0.05, 0.1) is 24.2 Å². The molecule has 0 radical (unpaired) electrons. The first-order chi connectivity index (χ1) is 40.3. The molecule has 6 atom stereocenters. The van der Waals surface area contributed by atoms with Crippen LogP contribution in [0.15, 0.2) is 109 Å². The highest BCUT2D eigenvalue weighted by Gasteiger charge is 2.48. The number of likely N-dealkylation sites (tertiary alicyclic amines) is 2. The van der Waals surface area contributed by atoms with E-state index in [1.807, 2.05) is 60.7 Å². The summed E-state index contributed by atoms with van der Waals surface area (Å²) in [5.74, 6) is -8.76. The molecule has 2 saturated carbocycles. The van der Waals surface area contributed by atoms with Crippen LogP contribution in [-0.4, -0.2) is 157 Å². The van der Waals surface area contributed by atoms with Crippen LogP contribution in [0.2, 0.25) is 0 Å². The summed E-state index contributed by atoms with van der Waals surface area (Å²) in [6, 6.07) is 27.9. The summed E-state index contributed by atoms with van der Waals surface area (Å²) >= 11 is 0. The topological polar surface area (TPSA) is 163 Å².